The van der Waals surface area contributed by atoms with E-state index in [1.54, 1.807) is 6.07 Å². The highest BCUT2D eigenvalue weighted by molar-refractivity contribution is 7.89. The van der Waals surface area contributed by atoms with Crippen molar-refractivity contribution in [3.05, 3.63) is 30.1 Å². The van der Waals surface area contributed by atoms with Gasteiger partial charge in [-0.25, -0.2) is 12.8 Å². The summed E-state index contributed by atoms with van der Waals surface area (Å²) >= 11 is 0. The summed E-state index contributed by atoms with van der Waals surface area (Å²) in [6, 6.07) is 5.48. The molecule has 2 aliphatic rings. The molecule has 1 aromatic carbocycles. The minimum Gasteiger partial charge on any atom is -0.315 e. The van der Waals surface area contributed by atoms with Crippen LogP contribution in [0, 0.1) is 11.7 Å². The van der Waals surface area contributed by atoms with Gasteiger partial charge in [0.05, 0.1) is 0 Å². The zero-order valence-electron chi connectivity index (χ0n) is 10.7. The molecule has 3 unspecified atom stereocenters. The lowest BCUT2D eigenvalue weighted by Gasteiger charge is -2.26. The van der Waals surface area contributed by atoms with Crippen LogP contribution in [0.3, 0.4) is 0 Å². The summed E-state index contributed by atoms with van der Waals surface area (Å²) in [4.78, 5) is -0.214. The molecular formula is C13H17FN2O2S. The Morgan fingerprint density at radius 3 is 2.79 bits per heavy atom. The van der Waals surface area contributed by atoms with Crippen LogP contribution in [-0.4, -0.2) is 37.9 Å². The fourth-order valence-corrected chi connectivity index (χ4v) is 5.26. The van der Waals surface area contributed by atoms with Gasteiger partial charge in [-0.05, 0) is 37.9 Å². The van der Waals surface area contributed by atoms with E-state index in [-0.39, 0.29) is 17.0 Å². The monoisotopic (exact) mass is 284 g/mol. The standard InChI is InChI=1S/C13H17FN2O2S/c1-9-6-10-7-15-8-12(10)16(9)19(17,18)13-5-3-2-4-11(13)14/h2-5,9-10,12,15H,6-8H2,1H3. The van der Waals surface area contributed by atoms with Crippen LogP contribution < -0.4 is 5.32 Å². The SMILES string of the molecule is CC1CC2CNCC2N1S(=O)(=O)c1ccccc1F. The zero-order chi connectivity index (χ0) is 13.6. The molecule has 0 aromatic heterocycles. The third-order valence-electron chi connectivity index (χ3n) is 4.10. The van der Waals surface area contributed by atoms with Gasteiger partial charge in [0, 0.05) is 18.6 Å². The van der Waals surface area contributed by atoms with Crippen LogP contribution in [-0.2, 0) is 10.0 Å². The van der Waals surface area contributed by atoms with Gasteiger partial charge >= 0.3 is 0 Å². The molecule has 0 saturated carbocycles. The van der Waals surface area contributed by atoms with Gasteiger partial charge in [0.25, 0.3) is 0 Å². The van der Waals surface area contributed by atoms with Crippen molar-refractivity contribution in [2.75, 3.05) is 13.1 Å². The number of hydrogen-bond donors (Lipinski definition) is 1. The van der Waals surface area contributed by atoms with Crippen LogP contribution in [0.25, 0.3) is 0 Å². The summed E-state index contributed by atoms with van der Waals surface area (Å²) in [6.45, 7) is 3.40. The zero-order valence-corrected chi connectivity index (χ0v) is 11.5. The lowest BCUT2D eigenvalue weighted by molar-refractivity contribution is 0.334. The predicted octanol–water partition coefficient (Wildman–Crippen LogP) is 1.20. The van der Waals surface area contributed by atoms with Crippen molar-refractivity contribution in [2.24, 2.45) is 5.92 Å². The second-order valence-corrected chi connectivity index (χ2v) is 7.15. The van der Waals surface area contributed by atoms with Gasteiger partial charge in [-0.2, -0.15) is 4.31 Å². The maximum atomic E-state index is 13.8. The minimum atomic E-state index is -3.75. The largest absolute Gasteiger partial charge is 0.315 e. The molecule has 0 bridgehead atoms. The maximum absolute atomic E-state index is 13.8. The summed E-state index contributed by atoms with van der Waals surface area (Å²) in [5.41, 5.74) is 0. The number of rotatable bonds is 2. The topological polar surface area (TPSA) is 49.4 Å². The van der Waals surface area contributed by atoms with E-state index in [9.17, 15) is 12.8 Å². The molecule has 0 aliphatic carbocycles. The first-order chi connectivity index (χ1) is 9.01. The molecule has 0 amide bonds. The van der Waals surface area contributed by atoms with Crippen molar-refractivity contribution in [1.82, 2.24) is 9.62 Å². The van der Waals surface area contributed by atoms with Crippen LogP contribution in [0.4, 0.5) is 4.39 Å². The molecule has 3 rings (SSSR count). The van der Waals surface area contributed by atoms with Gasteiger partial charge in [0.15, 0.2) is 0 Å². The van der Waals surface area contributed by atoms with Crippen molar-refractivity contribution in [3.63, 3.8) is 0 Å². The summed E-state index contributed by atoms with van der Waals surface area (Å²) in [5, 5.41) is 3.21. The molecule has 6 heteroatoms. The number of nitrogens with one attached hydrogen (secondary N) is 1. The molecule has 2 saturated heterocycles. The first-order valence-electron chi connectivity index (χ1n) is 6.50. The summed E-state index contributed by atoms with van der Waals surface area (Å²) in [7, 11) is -3.75. The van der Waals surface area contributed by atoms with Gasteiger partial charge in [-0.15, -0.1) is 0 Å². The molecule has 0 spiro atoms. The first-order valence-corrected chi connectivity index (χ1v) is 7.94. The van der Waals surface area contributed by atoms with E-state index in [0.717, 1.165) is 13.0 Å². The maximum Gasteiger partial charge on any atom is 0.246 e. The average Bonchev–Trinajstić information content (AvgIpc) is 2.88. The Morgan fingerprint density at radius 2 is 2.05 bits per heavy atom. The highest BCUT2D eigenvalue weighted by Crippen LogP contribution is 2.37. The van der Waals surface area contributed by atoms with Crippen LogP contribution in [0.15, 0.2) is 29.2 Å². The molecule has 19 heavy (non-hydrogen) atoms. The van der Waals surface area contributed by atoms with E-state index >= 15 is 0 Å². The van der Waals surface area contributed by atoms with Crippen LogP contribution in [0.2, 0.25) is 0 Å². The summed E-state index contributed by atoms with van der Waals surface area (Å²) in [5.74, 6) is -0.333. The average molecular weight is 284 g/mol. The van der Waals surface area contributed by atoms with E-state index in [1.165, 1.54) is 22.5 Å². The Hall–Kier alpha value is -0.980. The third kappa shape index (κ3) is 1.98. The smallest absolute Gasteiger partial charge is 0.246 e. The van der Waals surface area contributed by atoms with E-state index < -0.39 is 15.8 Å². The van der Waals surface area contributed by atoms with Gasteiger partial charge in [0.2, 0.25) is 10.0 Å². The molecule has 2 aliphatic heterocycles. The van der Waals surface area contributed by atoms with E-state index in [4.69, 9.17) is 0 Å². The van der Waals surface area contributed by atoms with Gasteiger partial charge < -0.3 is 5.32 Å². The molecule has 4 nitrogen and oxygen atoms in total. The highest BCUT2D eigenvalue weighted by Gasteiger charge is 2.48. The van der Waals surface area contributed by atoms with E-state index in [0.29, 0.717) is 12.5 Å². The third-order valence-corrected chi connectivity index (χ3v) is 6.17. The molecule has 2 fully saturated rings. The van der Waals surface area contributed by atoms with Crippen molar-refractivity contribution in [2.45, 2.75) is 30.3 Å². The van der Waals surface area contributed by atoms with Crippen molar-refractivity contribution >= 4 is 10.0 Å². The fourth-order valence-electron chi connectivity index (χ4n) is 3.31. The number of hydrogen-bond acceptors (Lipinski definition) is 3. The number of sulfonamides is 1. The fraction of sp³-hybridized carbons (Fsp3) is 0.538. The second kappa shape index (κ2) is 4.54. The minimum absolute atomic E-state index is 0.0420. The Kier molecular flexibility index (Phi) is 3.11. The number of nitrogens with zero attached hydrogens (tertiary/aromatic N) is 1. The van der Waals surface area contributed by atoms with Gasteiger partial charge in [0.1, 0.15) is 10.7 Å². The van der Waals surface area contributed by atoms with E-state index in [2.05, 4.69) is 5.32 Å². The predicted molar refractivity (Wildman–Crippen MR) is 69.7 cm³/mol. The number of benzene rings is 1. The van der Waals surface area contributed by atoms with E-state index in [1.807, 2.05) is 6.92 Å². The molecule has 2 heterocycles. The number of fused-ring (bicyclic) bond motifs is 1. The molecule has 1 N–H and O–H groups in total. The normalized spacial score (nSPS) is 31.6. The van der Waals surface area contributed by atoms with Crippen molar-refractivity contribution in [3.8, 4) is 0 Å². The van der Waals surface area contributed by atoms with Gasteiger partial charge in [-0.3, -0.25) is 0 Å². The quantitative estimate of drug-likeness (QED) is 0.887. The van der Waals surface area contributed by atoms with Gasteiger partial charge in [-0.1, -0.05) is 12.1 Å². The van der Waals surface area contributed by atoms with Crippen LogP contribution in [0.1, 0.15) is 13.3 Å². The lowest BCUT2D eigenvalue weighted by Crippen LogP contribution is -2.42. The Bertz CT molecular complexity index is 590. The van der Waals surface area contributed by atoms with Crippen molar-refractivity contribution in [1.29, 1.82) is 0 Å². The second-order valence-electron chi connectivity index (χ2n) is 5.34. The molecule has 0 radical (unpaired) electrons. The van der Waals surface area contributed by atoms with Crippen LogP contribution >= 0.6 is 0 Å². The highest BCUT2D eigenvalue weighted by atomic mass is 32.2. The Balaban J connectivity index is 2.03. The Morgan fingerprint density at radius 1 is 1.32 bits per heavy atom. The lowest BCUT2D eigenvalue weighted by atomic mass is 10.0. The molecule has 1 aromatic rings. The summed E-state index contributed by atoms with van der Waals surface area (Å²) < 4.78 is 40.6. The number of halogens is 1. The summed E-state index contributed by atoms with van der Waals surface area (Å²) in [6.07, 6.45) is 0.839. The first kappa shape index (κ1) is 13.0. The Labute approximate surface area is 112 Å². The van der Waals surface area contributed by atoms with Crippen molar-refractivity contribution < 1.29 is 12.8 Å². The molecule has 3 atom stereocenters. The van der Waals surface area contributed by atoms with Crippen LogP contribution in [0.5, 0.6) is 0 Å². The molecule has 104 valence electrons. The molecular weight excluding hydrogens is 267 g/mol.